The zero-order valence-corrected chi connectivity index (χ0v) is 10.8. The van der Waals surface area contributed by atoms with Crippen molar-refractivity contribution >= 4 is 39.2 Å². The van der Waals surface area contributed by atoms with Crippen LogP contribution in [0.25, 0.3) is 5.65 Å². The van der Waals surface area contributed by atoms with Gasteiger partial charge < -0.3 is 4.40 Å². The molecule has 2 aromatic rings. The smallest absolute Gasteiger partial charge is 0.304 e. The minimum absolute atomic E-state index is 0.234. The summed E-state index contributed by atoms with van der Waals surface area (Å²) in [5.41, 5.74) is 1.52. The SMILES string of the molecule is O=C1CCN(c2ccc3nc(Br)cn3c2)C(=O)N1. The number of nitrogens with zero attached hydrogens (tertiary/aromatic N) is 3. The summed E-state index contributed by atoms with van der Waals surface area (Å²) in [6.07, 6.45) is 3.94. The first-order valence-corrected chi connectivity index (χ1v) is 6.18. The number of aromatic nitrogens is 2. The molecule has 0 aromatic carbocycles. The van der Waals surface area contributed by atoms with Gasteiger partial charge >= 0.3 is 6.03 Å². The molecule has 1 aliphatic rings. The number of imidazole rings is 1. The molecule has 2 aromatic heterocycles. The van der Waals surface area contributed by atoms with Gasteiger partial charge in [-0.3, -0.25) is 15.0 Å². The van der Waals surface area contributed by atoms with Crippen molar-refractivity contribution in [1.82, 2.24) is 14.7 Å². The van der Waals surface area contributed by atoms with Crippen molar-refractivity contribution in [2.75, 3.05) is 11.4 Å². The van der Waals surface area contributed by atoms with Crippen molar-refractivity contribution < 1.29 is 9.59 Å². The van der Waals surface area contributed by atoms with E-state index in [-0.39, 0.29) is 11.9 Å². The summed E-state index contributed by atoms with van der Waals surface area (Å²) in [5.74, 6) is -0.234. The van der Waals surface area contributed by atoms with Crippen LogP contribution in [0.5, 0.6) is 0 Å². The lowest BCUT2D eigenvalue weighted by Crippen LogP contribution is -2.49. The molecule has 18 heavy (non-hydrogen) atoms. The molecule has 3 rings (SSSR count). The number of nitrogens with one attached hydrogen (secondary N) is 1. The minimum Gasteiger partial charge on any atom is -0.304 e. The number of pyridine rings is 1. The van der Waals surface area contributed by atoms with Crippen molar-refractivity contribution in [1.29, 1.82) is 0 Å². The number of hydrogen-bond acceptors (Lipinski definition) is 3. The fourth-order valence-electron chi connectivity index (χ4n) is 1.92. The number of anilines is 1. The van der Waals surface area contributed by atoms with Crippen LogP contribution in [0.2, 0.25) is 0 Å². The number of fused-ring (bicyclic) bond motifs is 1. The molecule has 92 valence electrons. The Labute approximate surface area is 111 Å². The third-order valence-corrected chi connectivity index (χ3v) is 3.15. The highest BCUT2D eigenvalue weighted by molar-refractivity contribution is 9.10. The fourth-order valence-corrected chi connectivity index (χ4v) is 2.32. The zero-order chi connectivity index (χ0) is 12.7. The Morgan fingerprint density at radius 1 is 1.28 bits per heavy atom. The lowest BCUT2D eigenvalue weighted by atomic mass is 10.3. The number of rotatable bonds is 1. The summed E-state index contributed by atoms with van der Waals surface area (Å²) in [6, 6.07) is 3.25. The van der Waals surface area contributed by atoms with E-state index in [1.54, 1.807) is 0 Å². The Bertz CT molecular complexity index is 652. The van der Waals surface area contributed by atoms with Crippen LogP contribution in [-0.2, 0) is 4.79 Å². The van der Waals surface area contributed by atoms with E-state index in [2.05, 4.69) is 26.2 Å². The molecule has 3 amide bonds. The van der Waals surface area contributed by atoms with Crippen LogP contribution < -0.4 is 10.2 Å². The van der Waals surface area contributed by atoms with Gasteiger partial charge in [-0.2, -0.15) is 0 Å². The first-order chi connectivity index (χ1) is 8.63. The van der Waals surface area contributed by atoms with Gasteiger partial charge in [0.2, 0.25) is 5.91 Å². The Morgan fingerprint density at radius 2 is 2.11 bits per heavy atom. The van der Waals surface area contributed by atoms with Crippen molar-refractivity contribution in [2.24, 2.45) is 0 Å². The first kappa shape index (κ1) is 11.2. The Hall–Kier alpha value is -1.89. The summed E-state index contributed by atoms with van der Waals surface area (Å²) < 4.78 is 2.56. The maximum absolute atomic E-state index is 11.7. The van der Waals surface area contributed by atoms with Gasteiger partial charge in [-0.1, -0.05) is 0 Å². The number of imide groups is 1. The molecular formula is C11H9BrN4O2. The van der Waals surface area contributed by atoms with Gasteiger partial charge in [0.15, 0.2) is 0 Å². The van der Waals surface area contributed by atoms with E-state index in [9.17, 15) is 9.59 Å². The second-order valence-corrected chi connectivity index (χ2v) is 4.78. The summed E-state index contributed by atoms with van der Waals surface area (Å²) in [6.45, 7) is 0.395. The van der Waals surface area contributed by atoms with E-state index in [1.807, 2.05) is 28.9 Å². The Kier molecular flexibility index (Phi) is 2.55. The normalized spacial score (nSPS) is 16.2. The monoisotopic (exact) mass is 308 g/mol. The molecule has 7 heteroatoms. The number of carbonyl (C=O) groups is 2. The van der Waals surface area contributed by atoms with Crippen LogP contribution in [0.15, 0.2) is 29.1 Å². The van der Waals surface area contributed by atoms with E-state index in [4.69, 9.17) is 0 Å². The van der Waals surface area contributed by atoms with Crippen LogP contribution in [0.1, 0.15) is 6.42 Å². The van der Waals surface area contributed by atoms with Gasteiger partial charge in [0.25, 0.3) is 0 Å². The zero-order valence-electron chi connectivity index (χ0n) is 9.26. The average molecular weight is 309 g/mol. The second-order valence-electron chi connectivity index (χ2n) is 3.97. The Balaban J connectivity index is 1.98. The van der Waals surface area contributed by atoms with Crippen LogP contribution in [0, 0.1) is 0 Å². The lowest BCUT2D eigenvalue weighted by Gasteiger charge is -2.26. The van der Waals surface area contributed by atoms with Gasteiger partial charge in [0.05, 0.1) is 5.69 Å². The molecule has 3 heterocycles. The summed E-state index contributed by atoms with van der Waals surface area (Å²) in [5, 5.41) is 2.30. The predicted octanol–water partition coefficient (Wildman–Crippen LogP) is 1.54. The molecule has 1 N–H and O–H groups in total. The minimum atomic E-state index is -0.384. The van der Waals surface area contributed by atoms with Gasteiger partial charge in [-0.05, 0) is 28.1 Å². The summed E-state index contributed by atoms with van der Waals surface area (Å²) in [7, 11) is 0. The third kappa shape index (κ3) is 1.86. The number of halogens is 1. The van der Waals surface area contributed by atoms with E-state index in [0.717, 1.165) is 15.9 Å². The van der Waals surface area contributed by atoms with Crippen LogP contribution in [0.4, 0.5) is 10.5 Å². The van der Waals surface area contributed by atoms with Gasteiger partial charge in [-0.25, -0.2) is 9.78 Å². The van der Waals surface area contributed by atoms with E-state index < -0.39 is 0 Å². The number of carbonyl (C=O) groups excluding carboxylic acids is 2. The van der Waals surface area contributed by atoms with Crippen molar-refractivity contribution in [3.05, 3.63) is 29.1 Å². The van der Waals surface area contributed by atoms with Gasteiger partial charge in [0.1, 0.15) is 10.3 Å². The topological polar surface area (TPSA) is 66.7 Å². The molecular weight excluding hydrogens is 300 g/mol. The number of hydrogen-bond donors (Lipinski definition) is 1. The molecule has 0 spiro atoms. The van der Waals surface area contributed by atoms with E-state index in [1.165, 1.54) is 4.90 Å². The van der Waals surface area contributed by atoms with Crippen LogP contribution in [0.3, 0.4) is 0 Å². The molecule has 0 radical (unpaired) electrons. The first-order valence-electron chi connectivity index (χ1n) is 5.39. The Morgan fingerprint density at radius 3 is 2.89 bits per heavy atom. The largest absolute Gasteiger partial charge is 0.328 e. The van der Waals surface area contributed by atoms with Crippen molar-refractivity contribution in [3.63, 3.8) is 0 Å². The molecule has 1 saturated heterocycles. The van der Waals surface area contributed by atoms with Crippen molar-refractivity contribution in [3.8, 4) is 0 Å². The molecule has 0 saturated carbocycles. The molecule has 1 fully saturated rings. The quantitative estimate of drug-likeness (QED) is 0.869. The molecule has 0 aliphatic carbocycles. The number of amides is 3. The maximum Gasteiger partial charge on any atom is 0.328 e. The summed E-state index contributed by atoms with van der Waals surface area (Å²) in [4.78, 5) is 28.6. The third-order valence-electron chi connectivity index (χ3n) is 2.77. The highest BCUT2D eigenvalue weighted by atomic mass is 79.9. The molecule has 1 aliphatic heterocycles. The predicted molar refractivity (Wildman–Crippen MR) is 68.4 cm³/mol. The second kappa shape index (κ2) is 4.09. The maximum atomic E-state index is 11.7. The molecule has 0 unspecified atom stereocenters. The van der Waals surface area contributed by atoms with Crippen molar-refractivity contribution in [2.45, 2.75) is 6.42 Å². The van der Waals surface area contributed by atoms with E-state index in [0.29, 0.717) is 13.0 Å². The van der Waals surface area contributed by atoms with Crippen LogP contribution >= 0.6 is 15.9 Å². The van der Waals surface area contributed by atoms with E-state index >= 15 is 0 Å². The molecule has 6 nitrogen and oxygen atoms in total. The summed E-state index contributed by atoms with van der Waals surface area (Å²) >= 11 is 3.30. The highest BCUT2D eigenvalue weighted by Crippen LogP contribution is 2.19. The highest BCUT2D eigenvalue weighted by Gasteiger charge is 2.24. The lowest BCUT2D eigenvalue weighted by molar-refractivity contribution is -0.120. The van der Waals surface area contributed by atoms with Gasteiger partial charge in [-0.15, -0.1) is 0 Å². The standard InChI is InChI=1S/C11H9BrN4O2/c12-8-6-15-5-7(1-2-9(15)13-8)16-4-3-10(17)14-11(16)18/h1-2,5-6H,3-4H2,(H,14,17,18). The number of urea groups is 1. The average Bonchev–Trinajstić information content (AvgIpc) is 2.68. The fraction of sp³-hybridized carbons (Fsp3) is 0.182. The van der Waals surface area contributed by atoms with Crippen LogP contribution in [-0.4, -0.2) is 27.9 Å². The molecule has 0 atom stereocenters. The van der Waals surface area contributed by atoms with Gasteiger partial charge in [0, 0.05) is 25.4 Å². The molecule has 0 bridgehead atoms.